The molecule has 0 aromatic carbocycles. The summed E-state index contributed by atoms with van der Waals surface area (Å²) in [4.78, 5) is 32.3. The van der Waals surface area contributed by atoms with E-state index in [9.17, 15) is 14.4 Å². The van der Waals surface area contributed by atoms with Crippen LogP contribution in [0.2, 0.25) is 0 Å². The van der Waals surface area contributed by atoms with E-state index in [2.05, 4.69) is 5.32 Å². The van der Waals surface area contributed by atoms with E-state index in [4.69, 9.17) is 4.74 Å². The molecule has 5 heteroatoms. The highest BCUT2D eigenvalue weighted by Gasteiger charge is 2.27. The highest BCUT2D eigenvalue weighted by atomic mass is 16.5. The first-order chi connectivity index (χ1) is 7.24. The zero-order valence-electron chi connectivity index (χ0n) is 8.53. The average molecular weight is 213 g/mol. The Morgan fingerprint density at radius 2 is 2.33 bits per heavy atom. The standard InChI is InChI=1S/C10H15NO4/c12-6-3-1-2-4-9(13)11-8-5-7-15-10(8)14/h6,8H,1-5,7H2,(H,11,13)/t8-/m1/s1. The Hall–Kier alpha value is -1.39. The van der Waals surface area contributed by atoms with Crippen molar-refractivity contribution < 1.29 is 19.1 Å². The second-order valence-corrected chi connectivity index (χ2v) is 3.49. The molecule has 0 aromatic rings. The van der Waals surface area contributed by atoms with Crippen molar-refractivity contribution in [2.24, 2.45) is 0 Å². The van der Waals surface area contributed by atoms with Crippen LogP contribution in [0.3, 0.4) is 0 Å². The smallest absolute Gasteiger partial charge is 0.328 e. The Bertz CT molecular complexity index is 252. The first-order valence-corrected chi connectivity index (χ1v) is 5.13. The van der Waals surface area contributed by atoms with Crippen molar-refractivity contribution in [1.82, 2.24) is 5.32 Å². The Labute approximate surface area is 88.2 Å². The monoisotopic (exact) mass is 213 g/mol. The summed E-state index contributed by atoms with van der Waals surface area (Å²) < 4.78 is 4.71. The highest BCUT2D eigenvalue weighted by Crippen LogP contribution is 2.06. The Balaban J connectivity index is 2.12. The highest BCUT2D eigenvalue weighted by molar-refractivity contribution is 5.85. The predicted molar refractivity (Wildman–Crippen MR) is 52.0 cm³/mol. The van der Waals surface area contributed by atoms with Crippen LogP contribution in [0.4, 0.5) is 0 Å². The van der Waals surface area contributed by atoms with Gasteiger partial charge in [0.1, 0.15) is 12.3 Å². The number of esters is 1. The molecule has 0 spiro atoms. The van der Waals surface area contributed by atoms with Crippen LogP contribution < -0.4 is 5.32 Å². The molecular weight excluding hydrogens is 198 g/mol. The van der Waals surface area contributed by atoms with Crippen molar-refractivity contribution in [3.63, 3.8) is 0 Å². The van der Waals surface area contributed by atoms with E-state index in [1.54, 1.807) is 0 Å². The number of amides is 1. The van der Waals surface area contributed by atoms with Crippen LogP contribution in [0.1, 0.15) is 32.1 Å². The molecule has 1 amide bonds. The minimum absolute atomic E-state index is 0.148. The molecule has 1 aliphatic rings. The van der Waals surface area contributed by atoms with Crippen molar-refractivity contribution in [2.45, 2.75) is 38.1 Å². The number of aldehydes is 1. The zero-order valence-corrected chi connectivity index (χ0v) is 8.53. The van der Waals surface area contributed by atoms with Gasteiger partial charge in [-0.05, 0) is 12.8 Å². The fourth-order valence-corrected chi connectivity index (χ4v) is 1.41. The van der Waals surface area contributed by atoms with Crippen LogP contribution in [0.15, 0.2) is 0 Å². The summed E-state index contributed by atoms with van der Waals surface area (Å²) in [5.74, 6) is -0.499. The van der Waals surface area contributed by atoms with Gasteiger partial charge in [0.15, 0.2) is 0 Å². The normalized spacial score (nSPS) is 19.7. The van der Waals surface area contributed by atoms with Crippen molar-refractivity contribution in [3.05, 3.63) is 0 Å². The van der Waals surface area contributed by atoms with E-state index in [0.717, 1.165) is 6.29 Å². The molecule has 1 aliphatic heterocycles. The van der Waals surface area contributed by atoms with E-state index in [0.29, 0.717) is 38.7 Å². The molecule has 5 nitrogen and oxygen atoms in total. The van der Waals surface area contributed by atoms with Crippen molar-refractivity contribution in [3.8, 4) is 0 Å². The molecule has 0 saturated carbocycles. The van der Waals surface area contributed by atoms with Gasteiger partial charge >= 0.3 is 5.97 Å². The van der Waals surface area contributed by atoms with Gasteiger partial charge in [-0.1, -0.05) is 0 Å². The topological polar surface area (TPSA) is 72.5 Å². The van der Waals surface area contributed by atoms with Crippen LogP contribution in [-0.2, 0) is 19.1 Å². The zero-order chi connectivity index (χ0) is 11.1. The van der Waals surface area contributed by atoms with Gasteiger partial charge in [-0.25, -0.2) is 4.79 Å². The van der Waals surface area contributed by atoms with Crippen LogP contribution in [0.5, 0.6) is 0 Å². The summed E-state index contributed by atoms with van der Waals surface area (Å²) in [6, 6.07) is -0.469. The average Bonchev–Trinajstić information content (AvgIpc) is 2.59. The predicted octanol–water partition coefficient (Wildman–Crippen LogP) is 0.177. The molecular formula is C10H15NO4. The number of nitrogens with one attached hydrogen (secondary N) is 1. The molecule has 0 unspecified atom stereocenters. The number of hydrogen-bond donors (Lipinski definition) is 1. The third kappa shape index (κ3) is 4.10. The van der Waals surface area contributed by atoms with Gasteiger partial charge in [0, 0.05) is 19.3 Å². The van der Waals surface area contributed by atoms with Gasteiger partial charge in [-0.2, -0.15) is 0 Å². The van der Waals surface area contributed by atoms with Crippen LogP contribution in [0, 0.1) is 0 Å². The summed E-state index contributed by atoms with van der Waals surface area (Å²) in [6.45, 7) is 0.384. The van der Waals surface area contributed by atoms with Gasteiger partial charge in [0.25, 0.3) is 0 Å². The molecule has 0 radical (unpaired) electrons. The SMILES string of the molecule is O=CCCCCC(=O)N[C@@H]1CCOC1=O. The van der Waals surface area contributed by atoms with Gasteiger partial charge in [0.2, 0.25) is 5.91 Å². The van der Waals surface area contributed by atoms with E-state index in [1.165, 1.54) is 0 Å². The summed E-state index contributed by atoms with van der Waals surface area (Å²) in [7, 11) is 0. The maximum Gasteiger partial charge on any atom is 0.328 e. The Kier molecular flexibility index (Phi) is 4.80. The molecule has 84 valence electrons. The lowest BCUT2D eigenvalue weighted by Crippen LogP contribution is -2.37. The molecule has 15 heavy (non-hydrogen) atoms. The van der Waals surface area contributed by atoms with E-state index >= 15 is 0 Å². The molecule has 1 fully saturated rings. The third-order valence-corrected chi connectivity index (χ3v) is 2.25. The molecule has 0 aromatic heterocycles. The Morgan fingerprint density at radius 3 is 2.93 bits per heavy atom. The lowest BCUT2D eigenvalue weighted by Gasteiger charge is -2.07. The molecule has 1 atom stereocenters. The molecule has 0 bridgehead atoms. The van der Waals surface area contributed by atoms with Gasteiger partial charge in [-0.3, -0.25) is 4.79 Å². The molecule has 1 N–H and O–H groups in total. The maximum absolute atomic E-state index is 11.3. The number of ether oxygens (including phenoxy) is 1. The number of hydrogen-bond acceptors (Lipinski definition) is 4. The van der Waals surface area contributed by atoms with Crippen LogP contribution in [0.25, 0.3) is 0 Å². The van der Waals surface area contributed by atoms with Crippen molar-refractivity contribution in [2.75, 3.05) is 6.61 Å². The fourth-order valence-electron chi connectivity index (χ4n) is 1.41. The summed E-state index contributed by atoms with van der Waals surface area (Å²) >= 11 is 0. The van der Waals surface area contributed by atoms with Gasteiger partial charge < -0.3 is 14.8 Å². The minimum Gasteiger partial charge on any atom is -0.464 e. The van der Waals surface area contributed by atoms with E-state index in [-0.39, 0.29) is 11.9 Å². The first-order valence-electron chi connectivity index (χ1n) is 5.13. The number of rotatable bonds is 6. The summed E-state index contributed by atoms with van der Waals surface area (Å²) in [6.07, 6.45) is 3.62. The summed E-state index contributed by atoms with van der Waals surface area (Å²) in [5, 5.41) is 2.60. The van der Waals surface area contributed by atoms with Crippen molar-refractivity contribution in [1.29, 1.82) is 0 Å². The molecule has 1 saturated heterocycles. The largest absolute Gasteiger partial charge is 0.464 e. The van der Waals surface area contributed by atoms with Gasteiger partial charge in [-0.15, -0.1) is 0 Å². The number of carbonyl (C=O) groups excluding carboxylic acids is 3. The fraction of sp³-hybridized carbons (Fsp3) is 0.700. The number of cyclic esters (lactones) is 1. The first kappa shape index (κ1) is 11.7. The van der Waals surface area contributed by atoms with E-state index in [1.807, 2.05) is 0 Å². The number of unbranched alkanes of at least 4 members (excludes halogenated alkanes) is 2. The van der Waals surface area contributed by atoms with Crippen molar-refractivity contribution >= 4 is 18.2 Å². The molecule has 1 rings (SSSR count). The lowest BCUT2D eigenvalue weighted by molar-refractivity contribution is -0.141. The third-order valence-electron chi connectivity index (χ3n) is 2.25. The summed E-state index contributed by atoms with van der Waals surface area (Å²) in [5.41, 5.74) is 0. The number of carbonyl (C=O) groups is 3. The van der Waals surface area contributed by atoms with E-state index < -0.39 is 6.04 Å². The minimum atomic E-state index is -0.469. The quantitative estimate of drug-likeness (QED) is 0.388. The molecule has 0 aliphatic carbocycles. The maximum atomic E-state index is 11.3. The molecule has 1 heterocycles. The Morgan fingerprint density at radius 1 is 1.53 bits per heavy atom. The van der Waals surface area contributed by atoms with Crippen LogP contribution >= 0.6 is 0 Å². The lowest BCUT2D eigenvalue weighted by atomic mass is 10.2. The van der Waals surface area contributed by atoms with Crippen LogP contribution in [-0.4, -0.2) is 30.8 Å². The second kappa shape index (κ2) is 6.16. The van der Waals surface area contributed by atoms with Gasteiger partial charge in [0.05, 0.1) is 6.61 Å². The second-order valence-electron chi connectivity index (χ2n) is 3.49.